The number of nitrogens with zero attached hydrogens (tertiary/aromatic N) is 1. The number of carbonyl (C=O) groups is 1. The van der Waals surface area contributed by atoms with Crippen LogP contribution in [0.25, 0.3) is 21.7 Å². The molecule has 0 saturated carbocycles. The number of thioether (sulfide) groups is 1. The number of thiazole rings is 1. The van der Waals surface area contributed by atoms with Gasteiger partial charge in [0.05, 0.1) is 32.1 Å². The molecule has 0 saturated heterocycles. The number of anilines is 1. The average Bonchev–Trinajstić information content (AvgIpc) is 3.21. The minimum absolute atomic E-state index is 0.165. The zero-order chi connectivity index (χ0) is 20.9. The normalized spacial score (nSPS) is 10.7. The van der Waals surface area contributed by atoms with Gasteiger partial charge in [0.2, 0.25) is 5.91 Å². The summed E-state index contributed by atoms with van der Waals surface area (Å²) >= 11 is 15.1. The van der Waals surface area contributed by atoms with Crippen LogP contribution in [0.2, 0.25) is 10.0 Å². The lowest BCUT2D eigenvalue weighted by atomic mass is 10.1. The summed E-state index contributed by atoms with van der Waals surface area (Å²) in [7, 11) is 0. The van der Waals surface area contributed by atoms with E-state index in [-0.39, 0.29) is 11.7 Å². The Morgan fingerprint density at radius 3 is 2.27 bits per heavy atom. The van der Waals surface area contributed by atoms with Gasteiger partial charge in [-0.25, -0.2) is 4.98 Å². The second kappa shape index (κ2) is 9.67. The minimum atomic E-state index is -0.165. The molecule has 150 valence electrons. The van der Waals surface area contributed by atoms with E-state index in [1.807, 2.05) is 48.5 Å². The molecule has 30 heavy (non-hydrogen) atoms. The van der Waals surface area contributed by atoms with Crippen LogP contribution in [0.15, 0.2) is 83.2 Å². The van der Waals surface area contributed by atoms with E-state index < -0.39 is 0 Å². The summed E-state index contributed by atoms with van der Waals surface area (Å²) in [4.78, 5) is 18.3. The second-order valence-corrected chi connectivity index (χ2v) is 9.33. The topological polar surface area (TPSA) is 42.0 Å². The predicted octanol–water partition coefficient (Wildman–Crippen LogP) is 7.51. The van der Waals surface area contributed by atoms with Crippen LogP contribution in [0.1, 0.15) is 0 Å². The van der Waals surface area contributed by atoms with Gasteiger partial charge in [-0.1, -0.05) is 102 Å². The van der Waals surface area contributed by atoms with E-state index in [2.05, 4.69) is 17.4 Å². The Morgan fingerprint density at radius 2 is 1.57 bits per heavy atom. The minimum Gasteiger partial charge on any atom is -0.324 e. The van der Waals surface area contributed by atoms with E-state index in [1.54, 1.807) is 29.5 Å². The Hall–Kier alpha value is -2.31. The third kappa shape index (κ3) is 4.87. The lowest BCUT2D eigenvalue weighted by Gasteiger charge is -2.07. The predicted molar refractivity (Wildman–Crippen MR) is 129 cm³/mol. The molecule has 0 aliphatic carbocycles. The zero-order valence-corrected chi connectivity index (χ0v) is 18.8. The summed E-state index contributed by atoms with van der Waals surface area (Å²) in [5, 5.41) is 3.55. The first-order valence-electron chi connectivity index (χ1n) is 9.10. The summed E-state index contributed by atoms with van der Waals surface area (Å²) in [5.74, 6) is 0.0561. The lowest BCUT2D eigenvalue weighted by Crippen LogP contribution is -2.14. The van der Waals surface area contributed by atoms with Crippen LogP contribution in [0.4, 0.5) is 5.69 Å². The number of hydrogen-bond donors (Lipinski definition) is 1. The largest absolute Gasteiger partial charge is 0.324 e. The zero-order valence-electron chi connectivity index (χ0n) is 15.6. The van der Waals surface area contributed by atoms with Gasteiger partial charge >= 0.3 is 0 Å². The number of halogens is 2. The third-order valence-electron chi connectivity index (χ3n) is 4.24. The molecule has 0 aliphatic rings. The molecule has 0 unspecified atom stereocenters. The van der Waals surface area contributed by atoms with Crippen molar-refractivity contribution in [2.45, 2.75) is 4.34 Å². The number of carbonyl (C=O) groups excluding carboxylic acids is 1. The molecule has 3 nitrogen and oxygen atoms in total. The highest BCUT2D eigenvalue weighted by atomic mass is 35.5. The molecule has 0 fully saturated rings. The van der Waals surface area contributed by atoms with E-state index in [9.17, 15) is 4.79 Å². The van der Waals surface area contributed by atoms with E-state index in [1.165, 1.54) is 11.8 Å². The molecule has 4 aromatic rings. The van der Waals surface area contributed by atoms with Crippen molar-refractivity contribution in [1.82, 2.24) is 4.98 Å². The highest BCUT2D eigenvalue weighted by Gasteiger charge is 2.16. The summed E-state index contributed by atoms with van der Waals surface area (Å²) < 4.78 is 0.833. The Bertz CT molecular complexity index is 1110. The van der Waals surface area contributed by atoms with Crippen molar-refractivity contribution >= 4 is 57.9 Å². The van der Waals surface area contributed by atoms with Crippen molar-refractivity contribution in [2.75, 3.05) is 11.1 Å². The van der Waals surface area contributed by atoms with Crippen LogP contribution in [0, 0.1) is 0 Å². The summed E-state index contributed by atoms with van der Waals surface area (Å²) in [6, 6.07) is 25.4. The summed E-state index contributed by atoms with van der Waals surface area (Å²) in [6.45, 7) is 0. The van der Waals surface area contributed by atoms with Crippen molar-refractivity contribution in [2.24, 2.45) is 0 Å². The summed E-state index contributed by atoms with van der Waals surface area (Å²) in [5.41, 5.74) is 3.59. The van der Waals surface area contributed by atoms with Gasteiger partial charge in [-0.2, -0.15) is 0 Å². The van der Waals surface area contributed by atoms with Crippen molar-refractivity contribution < 1.29 is 4.79 Å². The van der Waals surface area contributed by atoms with Crippen molar-refractivity contribution in [3.05, 3.63) is 88.9 Å². The molecule has 7 heteroatoms. The molecule has 1 aromatic heterocycles. The number of hydrogen-bond acceptors (Lipinski definition) is 4. The standard InChI is InChI=1S/C23H16Cl2N2OS2/c24-17-12-7-13-18(20(17)25)26-19(28)14-29-23-27-21(15-8-3-1-4-9-15)22(30-23)16-10-5-2-6-11-16/h1-13H,14H2,(H,26,28). The maximum Gasteiger partial charge on any atom is 0.234 e. The number of rotatable bonds is 6. The first kappa shape index (κ1) is 20.9. The molecular formula is C23H16Cl2N2OS2. The Kier molecular flexibility index (Phi) is 6.75. The maximum absolute atomic E-state index is 12.4. The first-order valence-corrected chi connectivity index (χ1v) is 11.7. The Labute approximate surface area is 193 Å². The smallest absolute Gasteiger partial charge is 0.234 e. The van der Waals surface area contributed by atoms with Crippen LogP contribution >= 0.6 is 46.3 Å². The fourth-order valence-electron chi connectivity index (χ4n) is 2.85. The number of benzene rings is 3. The highest BCUT2D eigenvalue weighted by Crippen LogP contribution is 2.40. The SMILES string of the molecule is O=C(CSc1nc(-c2ccccc2)c(-c2ccccc2)s1)Nc1cccc(Cl)c1Cl. The van der Waals surface area contributed by atoms with Gasteiger partial charge in [-0.3, -0.25) is 4.79 Å². The van der Waals surface area contributed by atoms with E-state index in [0.29, 0.717) is 15.7 Å². The first-order chi connectivity index (χ1) is 14.6. The molecule has 3 aromatic carbocycles. The van der Waals surface area contributed by atoms with Crippen LogP contribution in [0.3, 0.4) is 0 Å². The monoisotopic (exact) mass is 470 g/mol. The fourth-order valence-corrected chi connectivity index (χ4v) is 5.17. The molecule has 1 amide bonds. The molecular weight excluding hydrogens is 455 g/mol. The van der Waals surface area contributed by atoms with Gasteiger partial charge in [0, 0.05) is 5.56 Å². The van der Waals surface area contributed by atoms with Gasteiger partial charge in [0.25, 0.3) is 0 Å². The quantitative estimate of drug-likeness (QED) is 0.296. The van der Waals surface area contributed by atoms with E-state index >= 15 is 0 Å². The van der Waals surface area contributed by atoms with Gasteiger partial charge in [-0.15, -0.1) is 11.3 Å². The van der Waals surface area contributed by atoms with Crippen molar-refractivity contribution in [3.8, 4) is 21.7 Å². The van der Waals surface area contributed by atoms with Gasteiger partial charge in [0.1, 0.15) is 0 Å². The van der Waals surface area contributed by atoms with Gasteiger partial charge < -0.3 is 5.32 Å². The number of aromatic nitrogens is 1. The van der Waals surface area contributed by atoms with Gasteiger partial charge in [-0.05, 0) is 17.7 Å². The number of amides is 1. The Morgan fingerprint density at radius 1 is 0.900 bits per heavy atom. The van der Waals surface area contributed by atoms with E-state index in [0.717, 1.165) is 26.0 Å². The van der Waals surface area contributed by atoms with Crippen molar-refractivity contribution in [3.63, 3.8) is 0 Å². The molecule has 0 atom stereocenters. The molecule has 1 heterocycles. The second-order valence-electron chi connectivity index (χ2n) is 6.33. The van der Waals surface area contributed by atoms with Crippen LogP contribution in [0.5, 0.6) is 0 Å². The van der Waals surface area contributed by atoms with Crippen molar-refractivity contribution in [1.29, 1.82) is 0 Å². The maximum atomic E-state index is 12.4. The molecule has 1 N–H and O–H groups in total. The lowest BCUT2D eigenvalue weighted by molar-refractivity contribution is -0.113. The molecule has 4 rings (SSSR count). The summed E-state index contributed by atoms with van der Waals surface area (Å²) in [6.07, 6.45) is 0. The van der Waals surface area contributed by atoms with Crippen LogP contribution in [-0.2, 0) is 4.79 Å². The van der Waals surface area contributed by atoms with Crippen LogP contribution < -0.4 is 5.32 Å². The molecule has 0 spiro atoms. The molecule has 0 radical (unpaired) electrons. The van der Waals surface area contributed by atoms with Crippen LogP contribution in [-0.4, -0.2) is 16.6 Å². The fraction of sp³-hybridized carbons (Fsp3) is 0.0435. The Balaban J connectivity index is 1.54. The third-order valence-corrected chi connectivity index (χ3v) is 7.31. The molecule has 0 aliphatic heterocycles. The molecule has 0 bridgehead atoms. The van der Waals surface area contributed by atoms with Gasteiger partial charge in [0.15, 0.2) is 4.34 Å². The highest BCUT2D eigenvalue weighted by molar-refractivity contribution is 8.01. The number of nitrogens with one attached hydrogen (secondary N) is 1. The average molecular weight is 471 g/mol. The van der Waals surface area contributed by atoms with E-state index in [4.69, 9.17) is 28.2 Å².